The first-order valence-corrected chi connectivity index (χ1v) is 14.0. The Hall–Kier alpha value is -2.00. The molecular formula is C25H30Cl2N2O5S. The lowest BCUT2D eigenvalue weighted by Crippen LogP contribution is -2.44. The van der Waals surface area contributed by atoms with Crippen molar-refractivity contribution in [1.29, 1.82) is 0 Å². The number of hydrogen-bond donors (Lipinski definition) is 1. The highest BCUT2D eigenvalue weighted by atomic mass is 35.5. The monoisotopic (exact) mass is 540 g/mol. The highest BCUT2D eigenvalue weighted by Gasteiger charge is 2.35. The molecule has 0 aromatic heterocycles. The Morgan fingerprint density at radius 1 is 1.03 bits per heavy atom. The van der Waals surface area contributed by atoms with Crippen molar-refractivity contribution in [2.24, 2.45) is 11.8 Å². The number of sulfonamides is 1. The van der Waals surface area contributed by atoms with Gasteiger partial charge in [-0.15, -0.1) is 0 Å². The lowest BCUT2D eigenvalue weighted by Gasteiger charge is -2.32. The summed E-state index contributed by atoms with van der Waals surface area (Å²) in [4.78, 5) is 13.1. The van der Waals surface area contributed by atoms with E-state index in [2.05, 4.69) is 19.2 Å². The van der Waals surface area contributed by atoms with Crippen LogP contribution < -0.4 is 14.8 Å². The Kier molecular flexibility index (Phi) is 8.16. The second kappa shape index (κ2) is 10.9. The number of rotatable bonds is 6. The molecule has 1 atom stereocenters. The van der Waals surface area contributed by atoms with E-state index in [4.69, 9.17) is 32.7 Å². The maximum atomic E-state index is 13.2. The van der Waals surface area contributed by atoms with Crippen molar-refractivity contribution < 1.29 is 22.7 Å². The van der Waals surface area contributed by atoms with Gasteiger partial charge in [-0.05, 0) is 48.6 Å². The summed E-state index contributed by atoms with van der Waals surface area (Å²) >= 11 is 12.3. The number of hydrogen-bond acceptors (Lipinski definition) is 5. The summed E-state index contributed by atoms with van der Waals surface area (Å²) in [6, 6.07) is 10.2. The minimum absolute atomic E-state index is 0.0800. The summed E-state index contributed by atoms with van der Waals surface area (Å²) in [5.74, 6) is 1.18. The number of nitrogens with one attached hydrogen (secondary N) is 1. The summed E-state index contributed by atoms with van der Waals surface area (Å²) < 4.78 is 39.2. The zero-order chi connectivity index (χ0) is 25.2. The Morgan fingerprint density at radius 3 is 2.29 bits per heavy atom. The van der Waals surface area contributed by atoms with Gasteiger partial charge in [0.25, 0.3) is 0 Å². The molecule has 0 aliphatic carbocycles. The van der Waals surface area contributed by atoms with Crippen LogP contribution in [0.15, 0.2) is 41.3 Å². The number of amides is 1. The fourth-order valence-electron chi connectivity index (χ4n) is 4.50. The Morgan fingerprint density at radius 2 is 1.66 bits per heavy atom. The van der Waals surface area contributed by atoms with E-state index in [0.717, 1.165) is 12.0 Å². The number of ether oxygens (including phenoxy) is 2. The molecule has 2 aromatic rings. The fraction of sp³-hybridized carbons (Fsp3) is 0.480. The first-order valence-electron chi connectivity index (χ1n) is 11.8. The molecule has 1 N–H and O–H groups in total. The van der Waals surface area contributed by atoms with E-state index in [1.807, 2.05) is 18.2 Å². The molecule has 0 saturated carbocycles. The molecule has 10 heteroatoms. The molecule has 1 fully saturated rings. The number of benzene rings is 2. The molecule has 35 heavy (non-hydrogen) atoms. The molecule has 2 aromatic carbocycles. The molecule has 0 spiro atoms. The van der Waals surface area contributed by atoms with E-state index in [0.29, 0.717) is 37.6 Å². The van der Waals surface area contributed by atoms with Crippen molar-refractivity contribution in [3.05, 3.63) is 52.0 Å². The second-order valence-electron chi connectivity index (χ2n) is 9.22. The van der Waals surface area contributed by atoms with Crippen LogP contribution in [0, 0.1) is 11.8 Å². The predicted molar refractivity (Wildman–Crippen MR) is 136 cm³/mol. The lowest BCUT2D eigenvalue weighted by molar-refractivity contribution is -0.127. The van der Waals surface area contributed by atoms with Crippen molar-refractivity contribution >= 4 is 39.1 Å². The summed E-state index contributed by atoms with van der Waals surface area (Å²) in [5.41, 5.74) is 0.950. The van der Waals surface area contributed by atoms with Gasteiger partial charge in [-0.25, -0.2) is 8.42 Å². The molecular weight excluding hydrogens is 511 g/mol. The van der Waals surface area contributed by atoms with Crippen molar-refractivity contribution in [2.45, 2.75) is 44.0 Å². The van der Waals surface area contributed by atoms with Crippen LogP contribution >= 0.6 is 23.2 Å². The van der Waals surface area contributed by atoms with Crippen molar-refractivity contribution in [1.82, 2.24) is 9.62 Å². The molecule has 2 heterocycles. The topological polar surface area (TPSA) is 84.9 Å². The quantitative estimate of drug-likeness (QED) is 0.552. The molecule has 190 valence electrons. The standard InChI is InChI=1S/C25H30Cl2N2O5S/c1-16(2)23(18-7-8-21-22(15-18)34-14-4-13-33-21)28-25(30)17-9-11-29(12-10-17)35(31,32)24-19(26)5-3-6-20(24)27/h3,5-8,15-17,23H,4,9-14H2,1-2H3,(H,28,30)/t23-/m0/s1. The molecule has 7 nitrogen and oxygen atoms in total. The highest BCUT2D eigenvalue weighted by Crippen LogP contribution is 2.36. The van der Waals surface area contributed by atoms with Crippen LogP contribution in [0.1, 0.15) is 44.7 Å². The summed E-state index contributed by atoms with van der Waals surface area (Å²) in [7, 11) is -3.85. The van der Waals surface area contributed by atoms with E-state index < -0.39 is 10.0 Å². The van der Waals surface area contributed by atoms with Gasteiger partial charge in [-0.3, -0.25) is 4.79 Å². The SMILES string of the molecule is CC(C)[C@H](NC(=O)C1CCN(S(=O)(=O)c2c(Cl)cccc2Cl)CC1)c1ccc2c(c1)OCCCO2. The van der Waals surface area contributed by atoms with Crippen LogP contribution in [-0.2, 0) is 14.8 Å². The molecule has 2 aliphatic heterocycles. The molecule has 2 aliphatic rings. The molecule has 0 radical (unpaired) electrons. The van der Waals surface area contributed by atoms with Crippen molar-refractivity contribution in [3.63, 3.8) is 0 Å². The third-order valence-electron chi connectivity index (χ3n) is 6.44. The van der Waals surface area contributed by atoms with Crippen LogP contribution in [0.4, 0.5) is 0 Å². The van der Waals surface area contributed by atoms with Crippen LogP contribution in [-0.4, -0.2) is 44.9 Å². The van der Waals surface area contributed by atoms with E-state index in [1.165, 1.54) is 16.4 Å². The van der Waals surface area contributed by atoms with Gasteiger partial charge in [0, 0.05) is 25.4 Å². The van der Waals surface area contributed by atoms with Crippen molar-refractivity contribution in [3.8, 4) is 11.5 Å². The number of carbonyl (C=O) groups excluding carboxylic acids is 1. The smallest absolute Gasteiger partial charge is 0.246 e. The van der Waals surface area contributed by atoms with E-state index in [-0.39, 0.29) is 51.8 Å². The van der Waals surface area contributed by atoms with Crippen LogP contribution in [0.25, 0.3) is 0 Å². The van der Waals surface area contributed by atoms with Gasteiger partial charge in [0.2, 0.25) is 15.9 Å². The van der Waals surface area contributed by atoms with E-state index in [1.54, 1.807) is 6.07 Å². The van der Waals surface area contributed by atoms with E-state index >= 15 is 0 Å². The lowest BCUT2D eigenvalue weighted by atomic mass is 9.92. The third-order valence-corrected chi connectivity index (χ3v) is 9.29. The number of nitrogens with zero attached hydrogens (tertiary/aromatic N) is 1. The average molecular weight is 541 g/mol. The normalized spacial score (nSPS) is 18.2. The van der Waals surface area contributed by atoms with Crippen LogP contribution in [0.2, 0.25) is 10.0 Å². The van der Waals surface area contributed by atoms with Gasteiger partial charge < -0.3 is 14.8 Å². The highest BCUT2D eigenvalue weighted by molar-refractivity contribution is 7.89. The number of piperidine rings is 1. The second-order valence-corrected chi connectivity index (χ2v) is 11.9. The van der Waals surface area contributed by atoms with E-state index in [9.17, 15) is 13.2 Å². The predicted octanol–water partition coefficient (Wildman–Crippen LogP) is 5.07. The van der Waals surface area contributed by atoms with Gasteiger partial charge in [-0.1, -0.05) is 49.2 Å². The maximum absolute atomic E-state index is 13.2. The maximum Gasteiger partial charge on any atom is 0.246 e. The van der Waals surface area contributed by atoms with Gasteiger partial charge in [0.05, 0.1) is 29.3 Å². The average Bonchev–Trinajstić information content (AvgIpc) is 3.07. The summed E-state index contributed by atoms with van der Waals surface area (Å²) in [6.07, 6.45) is 1.66. The zero-order valence-electron chi connectivity index (χ0n) is 19.8. The largest absolute Gasteiger partial charge is 0.490 e. The number of halogens is 2. The minimum Gasteiger partial charge on any atom is -0.490 e. The van der Waals surface area contributed by atoms with Gasteiger partial charge in [0.1, 0.15) is 4.90 Å². The first-order chi connectivity index (χ1) is 16.7. The van der Waals surface area contributed by atoms with Gasteiger partial charge in [-0.2, -0.15) is 4.31 Å². The molecule has 4 rings (SSSR count). The minimum atomic E-state index is -3.85. The molecule has 0 unspecified atom stereocenters. The van der Waals surface area contributed by atoms with Crippen molar-refractivity contribution in [2.75, 3.05) is 26.3 Å². The van der Waals surface area contributed by atoms with Crippen LogP contribution in [0.5, 0.6) is 11.5 Å². The molecule has 1 amide bonds. The Bertz CT molecular complexity index is 1160. The number of fused-ring (bicyclic) bond motifs is 1. The molecule has 1 saturated heterocycles. The van der Waals surface area contributed by atoms with Crippen LogP contribution in [0.3, 0.4) is 0 Å². The van der Waals surface area contributed by atoms with Gasteiger partial charge >= 0.3 is 0 Å². The Balaban J connectivity index is 1.43. The third kappa shape index (κ3) is 5.71. The molecule has 0 bridgehead atoms. The summed E-state index contributed by atoms with van der Waals surface area (Å²) in [6.45, 7) is 5.76. The first kappa shape index (κ1) is 26.1. The zero-order valence-corrected chi connectivity index (χ0v) is 22.1. The Labute approximate surface area is 216 Å². The fourth-order valence-corrected chi connectivity index (χ4v) is 7.06. The van der Waals surface area contributed by atoms with Gasteiger partial charge in [0.15, 0.2) is 11.5 Å². The summed E-state index contributed by atoms with van der Waals surface area (Å²) in [5, 5.41) is 3.36. The number of carbonyl (C=O) groups is 1.